The highest BCUT2D eigenvalue weighted by Gasteiger charge is 2.10. The molecule has 0 aliphatic heterocycles. The van der Waals surface area contributed by atoms with Gasteiger partial charge >= 0.3 is 0 Å². The van der Waals surface area contributed by atoms with E-state index < -0.39 is 17.5 Å². The Labute approximate surface area is 116 Å². The third-order valence-corrected chi connectivity index (χ3v) is 2.95. The lowest BCUT2D eigenvalue weighted by atomic mass is 10.2. The van der Waals surface area contributed by atoms with E-state index in [1.165, 1.54) is 30.3 Å². The molecule has 1 amide bonds. The number of amides is 1. The van der Waals surface area contributed by atoms with Gasteiger partial charge < -0.3 is 10.5 Å². The summed E-state index contributed by atoms with van der Waals surface area (Å²) in [6, 6.07) is 7.36. The van der Waals surface area contributed by atoms with E-state index >= 15 is 0 Å². The summed E-state index contributed by atoms with van der Waals surface area (Å²) >= 11 is 3.11. The number of ether oxygens (including phenoxy) is 1. The van der Waals surface area contributed by atoms with E-state index in [-0.39, 0.29) is 17.1 Å². The van der Waals surface area contributed by atoms with Crippen LogP contribution in [0.1, 0.15) is 10.4 Å². The summed E-state index contributed by atoms with van der Waals surface area (Å²) in [5, 5.41) is 0. The van der Waals surface area contributed by atoms with Gasteiger partial charge in [-0.25, -0.2) is 8.78 Å². The van der Waals surface area contributed by atoms with Crippen LogP contribution in [0.4, 0.5) is 8.78 Å². The van der Waals surface area contributed by atoms with E-state index in [0.717, 1.165) is 6.07 Å². The van der Waals surface area contributed by atoms with Crippen LogP contribution < -0.4 is 10.5 Å². The van der Waals surface area contributed by atoms with Crippen molar-refractivity contribution in [3.63, 3.8) is 0 Å². The van der Waals surface area contributed by atoms with Crippen LogP contribution in [0.5, 0.6) is 11.5 Å². The molecule has 0 spiro atoms. The molecule has 0 aliphatic rings. The third kappa shape index (κ3) is 3.08. The van der Waals surface area contributed by atoms with Gasteiger partial charge in [-0.1, -0.05) is 0 Å². The predicted molar refractivity (Wildman–Crippen MR) is 69.1 cm³/mol. The highest BCUT2D eigenvalue weighted by Crippen LogP contribution is 2.31. The van der Waals surface area contributed by atoms with Gasteiger partial charge in [-0.2, -0.15) is 0 Å². The maximum absolute atomic E-state index is 13.7. The minimum Gasteiger partial charge on any atom is -0.453 e. The number of rotatable bonds is 3. The van der Waals surface area contributed by atoms with Gasteiger partial charge in [0.15, 0.2) is 11.6 Å². The van der Waals surface area contributed by atoms with Crippen molar-refractivity contribution in [3.05, 3.63) is 58.1 Å². The van der Waals surface area contributed by atoms with Gasteiger partial charge in [-0.15, -0.1) is 0 Å². The molecule has 6 heteroatoms. The van der Waals surface area contributed by atoms with E-state index in [1.807, 2.05) is 0 Å². The Morgan fingerprint density at radius 2 is 1.79 bits per heavy atom. The minimum absolute atomic E-state index is 0.0445. The van der Waals surface area contributed by atoms with E-state index in [0.29, 0.717) is 4.47 Å². The lowest BCUT2D eigenvalue weighted by Crippen LogP contribution is -2.11. The second-order valence-electron chi connectivity index (χ2n) is 3.69. The van der Waals surface area contributed by atoms with Crippen molar-refractivity contribution in [1.82, 2.24) is 0 Å². The Hall–Kier alpha value is -1.95. The van der Waals surface area contributed by atoms with Gasteiger partial charge in [0.2, 0.25) is 5.91 Å². The number of hydrogen-bond donors (Lipinski definition) is 1. The van der Waals surface area contributed by atoms with E-state index in [9.17, 15) is 13.6 Å². The molecule has 0 radical (unpaired) electrons. The van der Waals surface area contributed by atoms with Crippen molar-refractivity contribution in [2.24, 2.45) is 5.73 Å². The number of carbonyl (C=O) groups is 1. The third-order valence-electron chi connectivity index (χ3n) is 2.33. The summed E-state index contributed by atoms with van der Waals surface area (Å²) in [6.07, 6.45) is 0. The van der Waals surface area contributed by atoms with Crippen molar-refractivity contribution in [1.29, 1.82) is 0 Å². The number of carbonyl (C=O) groups excluding carboxylic acids is 1. The summed E-state index contributed by atoms with van der Waals surface area (Å²) < 4.78 is 32.2. The van der Waals surface area contributed by atoms with Crippen LogP contribution in [0.3, 0.4) is 0 Å². The molecule has 0 atom stereocenters. The zero-order valence-corrected chi connectivity index (χ0v) is 11.1. The predicted octanol–water partition coefficient (Wildman–Crippen LogP) is 3.62. The van der Waals surface area contributed by atoms with Crippen LogP contribution in [0, 0.1) is 11.6 Å². The largest absolute Gasteiger partial charge is 0.453 e. The van der Waals surface area contributed by atoms with Gasteiger partial charge in [-0.3, -0.25) is 4.79 Å². The molecule has 0 aliphatic carbocycles. The van der Waals surface area contributed by atoms with Gasteiger partial charge in [0, 0.05) is 5.56 Å². The van der Waals surface area contributed by atoms with Crippen molar-refractivity contribution in [3.8, 4) is 11.5 Å². The van der Waals surface area contributed by atoms with Crippen LogP contribution in [0.2, 0.25) is 0 Å². The Morgan fingerprint density at radius 1 is 1.11 bits per heavy atom. The standard InChI is InChI=1S/C13H8BrF2NO2/c14-9-6-8(15)2-4-11(9)19-12-3-1-7(13(17)18)5-10(12)16/h1-6H,(H2,17,18). The van der Waals surface area contributed by atoms with Crippen molar-refractivity contribution >= 4 is 21.8 Å². The molecule has 98 valence electrons. The first-order valence-electron chi connectivity index (χ1n) is 5.19. The van der Waals surface area contributed by atoms with Crippen LogP contribution in [0.25, 0.3) is 0 Å². The molecule has 0 bridgehead atoms. The zero-order chi connectivity index (χ0) is 14.0. The molecule has 0 unspecified atom stereocenters. The SMILES string of the molecule is NC(=O)c1ccc(Oc2ccc(F)cc2Br)c(F)c1. The fourth-order valence-corrected chi connectivity index (χ4v) is 1.85. The molecule has 0 saturated carbocycles. The topological polar surface area (TPSA) is 52.3 Å². The van der Waals surface area contributed by atoms with Crippen LogP contribution >= 0.6 is 15.9 Å². The van der Waals surface area contributed by atoms with E-state index in [4.69, 9.17) is 10.5 Å². The lowest BCUT2D eigenvalue weighted by Gasteiger charge is -2.09. The molecule has 0 saturated heterocycles. The van der Waals surface area contributed by atoms with Crippen molar-refractivity contribution in [2.75, 3.05) is 0 Å². The number of halogens is 3. The number of nitrogens with two attached hydrogens (primary N) is 1. The Balaban J connectivity index is 2.31. The van der Waals surface area contributed by atoms with Crippen LogP contribution in [-0.2, 0) is 0 Å². The Morgan fingerprint density at radius 3 is 2.37 bits per heavy atom. The molecule has 19 heavy (non-hydrogen) atoms. The molecule has 2 aromatic carbocycles. The maximum Gasteiger partial charge on any atom is 0.248 e. The van der Waals surface area contributed by atoms with E-state index in [1.54, 1.807) is 0 Å². The average molecular weight is 328 g/mol. The summed E-state index contributed by atoms with van der Waals surface area (Å²) in [7, 11) is 0. The van der Waals surface area contributed by atoms with E-state index in [2.05, 4.69) is 15.9 Å². The smallest absolute Gasteiger partial charge is 0.248 e. The van der Waals surface area contributed by atoms with Gasteiger partial charge in [0.1, 0.15) is 11.6 Å². The highest BCUT2D eigenvalue weighted by molar-refractivity contribution is 9.10. The van der Waals surface area contributed by atoms with Crippen LogP contribution in [0.15, 0.2) is 40.9 Å². The lowest BCUT2D eigenvalue weighted by molar-refractivity contribution is 0.1000. The molecule has 2 rings (SSSR count). The molecule has 2 N–H and O–H groups in total. The molecule has 0 heterocycles. The quantitative estimate of drug-likeness (QED) is 0.936. The van der Waals surface area contributed by atoms with Crippen LogP contribution in [-0.4, -0.2) is 5.91 Å². The second-order valence-corrected chi connectivity index (χ2v) is 4.54. The van der Waals surface area contributed by atoms with Gasteiger partial charge in [0.25, 0.3) is 0 Å². The molecule has 3 nitrogen and oxygen atoms in total. The first kappa shape index (κ1) is 13.5. The van der Waals surface area contributed by atoms with Crippen molar-refractivity contribution in [2.45, 2.75) is 0 Å². The Kier molecular flexibility index (Phi) is 3.80. The average Bonchev–Trinajstić information content (AvgIpc) is 2.34. The van der Waals surface area contributed by atoms with Gasteiger partial charge in [-0.05, 0) is 52.3 Å². The number of benzene rings is 2. The molecule has 0 aromatic heterocycles. The first-order chi connectivity index (χ1) is 8.97. The second kappa shape index (κ2) is 5.36. The summed E-state index contributed by atoms with van der Waals surface area (Å²) in [5.74, 6) is -1.73. The summed E-state index contributed by atoms with van der Waals surface area (Å²) in [5.41, 5.74) is 5.07. The summed E-state index contributed by atoms with van der Waals surface area (Å²) in [6.45, 7) is 0. The Bertz CT molecular complexity index is 647. The highest BCUT2D eigenvalue weighted by atomic mass is 79.9. The van der Waals surface area contributed by atoms with Crippen molar-refractivity contribution < 1.29 is 18.3 Å². The zero-order valence-electron chi connectivity index (χ0n) is 9.49. The molecular formula is C13H8BrF2NO2. The first-order valence-corrected chi connectivity index (χ1v) is 5.99. The fourth-order valence-electron chi connectivity index (χ4n) is 1.41. The molecule has 0 fully saturated rings. The maximum atomic E-state index is 13.7. The fraction of sp³-hybridized carbons (Fsp3) is 0. The van der Waals surface area contributed by atoms with Gasteiger partial charge in [0.05, 0.1) is 4.47 Å². The normalized spacial score (nSPS) is 10.3. The number of hydrogen-bond acceptors (Lipinski definition) is 2. The summed E-state index contributed by atoms with van der Waals surface area (Å²) in [4.78, 5) is 10.9. The minimum atomic E-state index is -0.729. The number of primary amides is 1. The molecule has 2 aromatic rings. The monoisotopic (exact) mass is 327 g/mol. The molecular weight excluding hydrogens is 320 g/mol.